The summed E-state index contributed by atoms with van der Waals surface area (Å²) in [6.07, 6.45) is 4.91. The van der Waals surface area contributed by atoms with Gasteiger partial charge >= 0.3 is 0 Å². The average molecular weight is 417 g/mol. The molecule has 2 aromatic carbocycles. The van der Waals surface area contributed by atoms with Gasteiger partial charge in [-0.15, -0.1) is 0 Å². The number of benzene rings is 2. The van der Waals surface area contributed by atoms with Crippen molar-refractivity contribution in [2.24, 2.45) is 0 Å². The SMILES string of the molecule is COc1ccc(/C=C(\NC(=O)c2ccccc2)C(=O)NCc2cccnc2)cc1OC. The van der Waals surface area contributed by atoms with Gasteiger partial charge in [0.2, 0.25) is 0 Å². The summed E-state index contributed by atoms with van der Waals surface area (Å²) in [5.41, 5.74) is 2.05. The molecule has 7 nitrogen and oxygen atoms in total. The second-order valence-electron chi connectivity index (χ2n) is 6.54. The first-order valence-electron chi connectivity index (χ1n) is 9.58. The number of aromatic nitrogens is 1. The minimum absolute atomic E-state index is 0.102. The number of nitrogens with zero attached hydrogens (tertiary/aromatic N) is 1. The van der Waals surface area contributed by atoms with E-state index in [-0.39, 0.29) is 18.1 Å². The molecule has 7 heteroatoms. The molecule has 2 N–H and O–H groups in total. The zero-order chi connectivity index (χ0) is 22.1. The molecule has 31 heavy (non-hydrogen) atoms. The fraction of sp³-hybridized carbons (Fsp3) is 0.125. The first-order chi connectivity index (χ1) is 15.1. The number of amides is 2. The highest BCUT2D eigenvalue weighted by atomic mass is 16.5. The summed E-state index contributed by atoms with van der Waals surface area (Å²) in [5.74, 6) is 0.267. The van der Waals surface area contributed by atoms with Gasteiger partial charge in [0.15, 0.2) is 11.5 Å². The second kappa shape index (κ2) is 10.6. The molecule has 0 saturated heterocycles. The molecular formula is C24H23N3O4. The van der Waals surface area contributed by atoms with Crippen LogP contribution in [0, 0.1) is 0 Å². The largest absolute Gasteiger partial charge is 0.493 e. The monoisotopic (exact) mass is 417 g/mol. The van der Waals surface area contributed by atoms with Gasteiger partial charge in [-0.2, -0.15) is 0 Å². The maximum Gasteiger partial charge on any atom is 0.268 e. The summed E-state index contributed by atoms with van der Waals surface area (Å²) in [5, 5.41) is 5.52. The molecule has 0 spiro atoms. The van der Waals surface area contributed by atoms with E-state index in [1.165, 1.54) is 7.11 Å². The van der Waals surface area contributed by atoms with Crippen molar-refractivity contribution in [1.82, 2.24) is 15.6 Å². The van der Waals surface area contributed by atoms with Gasteiger partial charge < -0.3 is 20.1 Å². The maximum atomic E-state index is 12.9. The average Bonchev–Trinajstić information content (AvgIpc) is 2.83. The predicted octanol–water partition coefficient (Wildman–Crippen LogP) is 3.19. The van der Waals surface area contributed by atoms with E-state index in [9.17, 15) is 9.59 Å². The lowest BCUT2D eigenvalue weighted by atomic mass is 10.1. The normalized spacial score (nSPS) is 10.8. The van der Waals surface area contributed by atoms with Gasteiger partial charge in [0.25, 0.3) is 11.8 Å². The molecule has 0 bridgehead atoms. The molecule has 0 fully saturated rings. The van der Waals surface area contributed by atoms with E-state index in [1.54, 1.807) is 74.1 Å². The van der Waals surface area contributed by atoms with Gasteiger partial charge in [0.05, 0.1) is 14.2 Å². The molecule has 0 aliphatic heterocycles. The molecule has 0 radical (unpaired) electrons. The van der Waals surface area contributed by atoms with Gasteiger partial charge in [-0.25, -0.2) is 0 Å². The van der Waals surface area contributed by atoms with Crippen LogP contribution in [0.1, 0.15) is 21.5 Å². The topological polar surface area (TPSA) is 89.5 Å². The van der Waals surface area contributed by atoms with Crippen LogP contribution in [-0.4, -0.2) is 31.0 Å². The first kappa shape index (κ1) is 21.6. The van der Waals surface area contributed by atoms with E-state index in [2.05, 4.69) is 15.6 Å². The molecule has 1 heterocycles. The van der Waals surface area contributed by atoms with Crippen LogP contribution in [0.2, 0.25) is 0 Å². The summed E-state index contributed by atoms with van der Waals surface area (Å²) >= 11 is 0. The zero-order valence-corrected chi connectivity index (χ0v) is 17.3. The van der Waals surface area contributed by atoms with Crippen LogP contribution in [0.3, 0.4) is 0 Å². The first-order valence-corrected chi connectivity index (χ1v) is 9.58. The number of ether oxygens (including phenoxy) is 2. The highest BCUT2D eigenvalue weighted by molar-refractivity contribution is 6.05. The number of hydrogen-bond acceptors (Lipinski definition) is 5. The van der Waals surface area contributed by atoms with E-state index in [0.29, 0.717) is 22.6 Å². The van der Waals surface area contributed by atoms with Crippen molar-refractivity contribution in [3.63, 3.8) is 0 Å². The quantitative estimate of drug-likeness (QED) is 0.550. The standard InChI is InChI=1S/C24H23N3O4/c1-30-21-11-10-17(14-22(21)31-2)13-20(27-23(28)19-8-4-3-5-9-19)24(29)26-16-18-7-6-12-25-15-18/h3-15H,16H2,1-2H3,(H,26,29)(H,27,28)/b20-13-. The lowest BCUT2D eigenvalue weighted by Gasteiger charge is -2.12. The Bertz CT molecular complexity index is 1070. The molecule has 0 saturated carbocycles. The van der Waals surface area contributed by atoms with Crippen LogP contribution in [0.4, 0.5) is 0 Å². The van der Waals surface area contributed by atoms with Gasteiger partial charge in [0.1, 0.15) is 5.70 Å². The molecule has 158 valence electrons. The predicted molar refractivity (Wildman–Crippen MR) is 118 cm³/mol. The van der Waals surface area contributed by atoms with E-state index in [4.69, 9.17) is 9.47 Å². The Morgan fingerprint density at radius 1 is 0.968 bits per heavy atom. The number of pyridine rings is 1. The highest BCUT2D eigenvalue weighted by Crippen LogP contribution is 2.28. The Labute approximate surface area is 180 Å². The third kappa shape index (κ3) is 5.93. The number of nitrogens with one attached hydrogen (secondary N) is 2. The molecule has 3 rings (SSSR count). The van der Waals surface area contributed by atoms with Crippen LogP contribution in [-0.2, 0) is 11.3 Å². The fourth-order valence-corrected chi connectivity index (χ4v) is 2.83. The summed E-state index contributed by atoms with van der Waals surface area (Å²) in [6, 6.07) is 17.6. The molecular weight excluding hydrogens is 394 g/mol. The molecule has 0 aliphatic rings. The smallest absolute Gasteiger partial charge is 0.268 e. The third-order valence-electron chi connectivity index (χ3n) is 4.42. The van der Waals surface area contributed by atoms with Crippen LogP contribution < -0.4 is 20.1 Å². The van der Waals surface area contributed by atoms with Crippen LogP contribution in [0.5, 0.6) is 11.5 Å². The van der Waals surface area contributed by atoms with E-state index < -0.39 is 5.91 Å². The third-order valence-corrected chi connectivity index (χ3v) is 4.42. The number of rotatable bonds is 8. The Balaban J connectivity index is 1.86. The summed E-state index contributed by atoms with van der Waals surface area (Å²) in [4.78, 5) is 29.6. The van der Waals surface area contributed by atoms with Crippen LogP contribution >= 0.6 is 0 Å². The van der Waals surface area contributed by atoms with Crippen molar-refractivity contribution in [3.8, 4) is 11.5 Å². The second-order valence-corrected chi connectivity index (χ2v) is 6.54. The van der Waals surface area contributed by atoms with Crippen LogP contribution in [0.15, 0.2) is 78.8 Å². The fourth-order valence-electron chi connectivity index (χ4n) is 2.83. The molecule has 3 aromatic rings. The molecule has 0 aliphatic carbocycles. The van der Waals surface area contributed by atoms with Gasteiger partial charge in [-0.3, -0.25) is 14.6 Å². The minimum Gasteiger partial charge on any atom is -0.493 e. The van der Waals surface area contributed by atoms with Crippen molar-refractivity contribution in [1.29, 1.82) is 0 Å². The zero-order valence-electron chi connectivity index (χ0n) is 17.3. The van der Waals surface area contributed by atoms with Gasteiger partial charge in [0, 0.05) is 24.5 Å². The Morgan fingerprint density at radius 2 is 1.74 bits per heavy atom. The van der Waals surface area contributed by atoms with E-state index in [0.717, 1.165) is 5.56 Å². The van der Waals surface area contributed by atoms with E-state index >= 15 is 0 Å². The summed E-state index contributed by atoms with van der Waals surface area (Å²) < 4.78 is 10.6. The molecule has 2 amide bonds. The van der Waals surface area contributed by atoms with Crippen molar-refractivity contribution in [3.05, 3.63) is 95.4 Å². The van der Waals surface area contributed by atoms with Gasteiger partial charge in [-0.05, 0) is 47.5 Å². The lowest BCUT2D eigenvalue weighted by molar-refractivity contribution is -0.117. The van der Waals surface area contributed by atoms with Gasteiger partial charge in [-0.1, -0.05) is 30.3 Å². The number of methoxy groups -OCH3 is 2. The van der Waals surface area contributed by atoms with Crippen LogP contribution in [0.25, 0.3) is 6.08 Å². The number of carbonyl (C=O) groups excluding carboxylic acids is 2. The summed E-state index contributed by atoms with van der Waals surface area (Å²) in [6.45, 7) is 0.275. The van der Waals surface area contributed by atoms with Crippen molar-refractivity contribution < 1.29 is 19.1 Å². The highest BCUT2D eigenvalue weighted by Gasteiger charge is 2.15. The number of hydrogen-bond donors (Lipinski definition) is 2. The molecule has 0 unspecified atom stereocenters. The summed E-state index contributed by atoms with van der Waals surface area (Å²) in [7, 11) is 3.08. The Morgan fingerprint density at radius 3 is 2.42 bits per heavy atom. The number of carbonyl (C=O) groups is 2. The Hall–Kier alpha value is -4.13. The Kier molecular flexibility index (Phi) is 7.37. The molecule has 0 atom stereocenters. The van der Waals surface area contributed by atoms with Crippen molar-refractivity contribution in [2.45, 2.75) is 6.54 Å². The maximum absolute atomic E-state index is 12.9. The lowest BCUT2D eigenvalue weighted by Crippen LogP contribution is -2.34. The molecule has 1 aromatic heterocycles. The van der Waals surface area contributed by atoms with Crippen molar-refractivity contribution in [2.75, 3.05) is 14.2 Å². The van der Waals surface area contributed by atoms with E-state index in [1.807, 2.05) is 12.1 Å². The minimum atomic E-state index is -0.428. The van der Waals surface area contributed by atoms with Crippen molar-refractivity contribution >= 4 is 17.9 Å².